The Morgan fingerprint density at radius 1 is 1.21 bits per heavy atom. The first-order chi connectivity index (χ1) is 6.60. The van der Waals surface area contributed by atoms with Crippen LogP contribution in [-0.4, -0.2) is 19.5 Å². The molecular formula is C10H11ClO3. The predicted octanol–water partition coefficient (Wildman–Crippen LogP) is 2.39. The van der Waals surface area contributed by atoms with Crippen molar-refractivity contribution in [1.82, 2.24) is 0 Å². The highest BCUT2D eigenvalue weighted by Gasteiger charge is 2.16. The Hall–Kier alpha value is -1.22. The predicted molar refractivity (Wildman–Crippen MR) is 54.5 cm³/mol. The summed E-state index contributed by atoms with van der Waals surface area (Å²) in [6.07, 6.45) is 0. The maximum atomic E-state index is 11.1. The van der Waals surface area contributed by atoms with Crippen LogP contribution in [0.3, 0.4) is 0 Å². The second-order valence-electron chi connectivity index (χ2n) is 2.82. The summed E-state index contributed by atoms with van der Waals surface area (Å²) in [4.78, 5) is 11.1. The molecule has 0 bridgehead atoms. The molecule has 3 nitrogen and oxygen atoms in total. The van der Waals surface area contributed by atoms with Crippen LogP contribution in [0, 0.1) is 6.92 Å². The largest absolute Gasteiger partial charge is 0.496 e. The first kappa shape index (κ1) is 10.9. The van der Waals surface area contributed by atoms with Gasteiger partial charge in [-0.15, -0.1) is 0 Å². The van der Waals surface area contributed by atoms with Crippen LogP contribution in [0.1, 0.15) is 15.9 Å². The van der Waals surface area contributed by atoms with Crippen molar-refractivity contribution in [3.05, 3.63) is 23.3 Å². The highest BCUT2D eigenvalue weighted by Crippen LogP contribution is 2.31. The zero-order valence-corrected chi connectivity index (χ0v) is 9.01. The lowest BCUT2D eigenvalue weighted by Gasteiger charge is -2.10. The van der Waals surface area contributed by atoms with E-state index in [2.05, 4.69) is 0 Å². The molecule has 0 spiro atoms. The fourth-order valence-electron chi connectivity index (χ4n) is 1.24. The molecule has 0 radical (unpaired) electrons. The van der Waals surface area contributed by atoms with Crippen LogP contribution >= 0.6 is 11.6 Å². The van der Waals surface area contributed by atoms with E-state index in [9.17, 15) is 4.79 Å². The van der Waals surface area contributed by atoms with Gasteiger partial charge in [-0.3, -0.25) is 4.79 Å². The van der Waals surface area contributed by atoms with Crippen molar-refractivity contribution in [1.29, 1.82) is 0 Å². The average Bonchev–Trinajstić information content (AvgIpc) is 2.15. The number of methoxy groups -OCH3 is 2. The van der Waals surface area contributed by atoms with Gasteiger partial charge in [0, 0.05) is 0 Å². The minimum Gasteiger partial charge on any atom is -0.496 e. The van der Waals surface area contributed by atoms with E-state index in [1.165, 1.54) is 14.2 Å². The lowest BCUT2D eigenvalue weighted by molar-refractivity contribution is 0.107. The van der Waals surface area contributed by atoms with E-state index in [1.54, 1.807) is 12.1 Å². The third kappa shape index (κ3) is 1.99. The molecule has 0 aliphatic heterocycles. The van der Waals surface area contributed by atoms with Crippen molar-refractivity contribution in [2.75, 3.05) is 14.2 Å². The van der Waals surface area contributed by atoms with E-state index in [-0.39, 0.29) is 5.56 Å². The van der Waals surface area contributed by atoms with Crippen LogP contribution in [0.15, 0.2) is 12.1 Å². The van der Waals surface area contributed by atoms with Gasteiger partial charge in [0.25, 0.3) is 5.24 Å². The molecular weight excluding hydrogens is 204 g/mol. The average molecular weight is 215 g/mol. The Balaban J connectivity index is 3.40. The first-order valence-corrected chi connectivity index (χ1v) is 4.40. The van der Waals surface area contributed by atoms with Gasteiger partial charge in [-0.05, 0) is 36.2 Å². The van der Waals surface area contributed by atoms with E-state index in [0.29, 0.717) is 11.5 Å². The number of carbonyl (C=O) groups is 1. The Kier molecular flexibility index (Phi) is 3.36. The zero-order chi connectivity index (χ0) is 10.7. The number of aryl methyl sites for hydroxylation is 1. The topological polar surface area (TPSA) is 35.5 Å². The van der Waals surface area contributed by atoms with Gasteiger partial charge >= 0.3 is 0 Å². The third-order valence-electron chi connectivity index (χ3n) is 1.85. The fraction of sp³-hybridized carbons (Fsp3) is 0.300. The SMILES string of the molecule is COc1cc(C)cc(OC)c1C(=O)Cl. The van der Waals surface area contributed by atoms with Crippen LogP contribution < -0.4 is 9.47 Å². The van der Waals surface area contributed by atoms with Crippen molar-refractivity contribution < 1.29 is 14.3 Å². The standard InChI is InChI=1S/C10H11ClO3/c1-6-4-7(13-2)9(10(11)12)8(5-6)14-3/h4-5H,1-3H3. The van der Waals surface area contributed by atoms with E-state index in [0.717, 1.165) is 5.56 Å². The maximum absolute atomic E-state index is 11.1. The monoisotopic (exact) mass is 214 g/mol. The Bertz CT molecular complexity index is 335. The van der Waals surface area contributed by atoms with Gasteiger partial charge in [-0.25, -0.2) is 0 Å². The van der Waals surface area contributed by atoms with Crippen molar-refractivity contribution in [3.8, 4) is 11.5 Å². The molecule has 0 fully saturated rings. The summed E-state index contributed by atoms with van der Waals surface area (Å²) in [5.41, 5.74) is 1.21. The summed E-state index contributed by atoms with van der Waals surface area (Å²) in [5.74, 6) is 0.865. The van der Waals surface area contributed by atoms with Crippen molar-refractivity contribution in [3.63, 3.8) is 0 Å². The summed E-state index contributed by atoms with van der Waals surface area (Å²) in [7, 11) is 2.97. The van der Waals surface area contributed by atoms with E-state index in [4.69, 9.17) is 21.1 Å². The number of hydrogen-bond donors (Lipinski definition) is 0. The van der Waals surface area contributed by atoms with Crippen LogP contribution in [0.25, 0.3) is 0 Å². The lowest BCUT2D eigenvalue weighted by Crippen LogP contribution is -2.00. The number of carbonyl (C=O) groups excluding carboxylic acids is 1. The molecule has 0 aliphatic rings. The molecule has 0 atom stereocenters. The molecule has 76 valence electrons. The van der Waals surface area contributed by atoms with Crippen molar-refractivity contribution in [2.45, 2.75) is 6.92 Å². The minimum absolute atomic E-state index is 0.266. The van der Waals surface area contributed by atoms with Gasteiger partial charge < -0.3 is 9.47 Å². The van der Waals surface area contributed by atoms with Gasteiger partial charge in [0.1, 0.15) is 17.1 Å². The molecule has 0 heterocycles. The second-order valence-corrected chi connectivity index (χ2v) is 3.16. The summed E-state index contributed by atoms with van der Waals surface area (Å²) in [5, 5.41) is -0.585. The number of benzene rings is 1. The molecule has 0 amide bonds. The third-order valence-corrected chi connectivity index (χ3v) is 2.04. The lowest BCUT2D eigenvalue weighted by atomic mass is 10.1. The van der Waals surface area contributed by atoms with Crippen LogP contribution in [0.5, 0.6) is 11.5 Å². The number of ether oxygens (including phenoxy) is 2. The molecule has 4 heteroatoms. The molecule has 1 aromatic carbocycles. The minimum atomic E-state index is -0.585. The van der Waals surface area contributed by atoms with Gasteiger partial charge in [0.05, 0.1) is 14.2 Å². The summed E-state index contributed by atoms with van der Waals surface area (Å²) < 4.78 is 10.1. The summed E-state index contributed by atoms with van der Waals surface area (Å²) >= 11 is 5.42. The van der Waals surface area contributed by atoms with Gasteiger partial charge in [-0.1, -0.05) is 0 Å². The Morgan fingerprint density at radius 2 is 1.64 bits per heavy atom. The Morgan fingerprint density at radius 3 is 1.93 bits per heavy atom. The first-order valence-electron chi connectivity index (χ1n) is 4.02. The van der Waals surface area contributed by atoms with Gasteiger partial charge in [0.2, 0.25) is 0 Å². The van der Waals surface area contributed by atoms with E-state index < -0.39 is 5.24 Å². The van der Waals surface area contributed by atoms with E-state index in [1.807, 2.05) is 6.92 Å². The van der Waals surface area contributed by atoms with Crippen LogP contribution in [0.4, 0.5) is 0 Å². The second kappa shape index (κ2) is 4.33. The normalized spacial score (nSPS) is 9.71. The fourth-order valence-corrected chi connectivity index (χ4v) is 1.42. The number of halogens is 1. The summed E-state index contributed by atoms with van der Waals surface area (Å²) in [6.45, 7) is 1.88. The molecule has 0 aromatic heterocycles. The highest BCUT2D eigenvalue weighted by molar-refractivity contribution is 6.68. The molecule has 0 aliphatic carbocycles. The quantitative estimate of drug-likeness (QED) is 0.725. The van der Waals surface area contributed by atoms with Crippen LogP contribution in [0.2, 0.25) is 0 Å². The van der Waals surface area contributed by atoms with Gasteiger partial charge in [-0.2, -0.15) is 0 Å². The molecule has 1 rings (SSSR count). The van der Waals surface area contributed by atoms with E-state index >= 15 is 0 Å². The van der Waals surface area contributed by atoms with Crippen LogP contribution in [-0.2, 0) is 0 Å². The molecule has 0 N–H and O–H groups in total. The highest BCUT2D eigenvalue weighted by atomic mass is 35.5. The summed E-state index contributed by atoms with van der Waals surface area (Å²) in [6, 6.07) is 3.47. The maximum Gasteiger partial charge on any atom is 0.259 e. The van der Waals surface area contributed by atoms with Crippen molar-refractivity contribution in [2.24, 2.45) is 0 Å². The smallest absolute Gasteiger partial charge is 0.259 e. The number of hydrogen-bond acceptors (Lipinski definition) is 3. The molecule has 1 aromatic rings. The molecule has 0 saturated heterocycles. The molecule has 14 heavy (non-hydrogen) atoms. The molecule has 0 unspecified atom stereocenters. The number of rotatable bonds is 3. The van der Waals surface area contributed by atoms with Gasteiger partial charge in [0.15, 0.2) is 0 Å². The molecule has 0 saturated carbocycles. The zero-order valence-electron chi connectivity index (χ0n) is 8.26. The Labute approximate surface area is 87.6 Å². The van der Waals surface area contributed by atoms with Crippen molar-refractivity contribution >= 4 is 16.8 Å².